The molecule has 28 heavy (non-hydrogen) atoms. The third kappa shape index (κ3) is 3.81. The van der Waals surface area contributed by atoms with Crippen molar-refractivity contribution in [3.05, 3.63) is 46.8 Å². The molecule has 2 heterocycles. The van der Waals surface area contributed by atoms with E-state index in [1.807, 2.05) is 49.2 Å². The van der Waals surface area contributed by atoms with Gasteiger partial charge in [0.25, 0.3) is 0 Å². The molecule has 2 atom stereocenters. The zero-order valence-corrected chi connectivity index (χ0v) is 17.0. The minimum Gasteiger partial charge on any atom is -0.370 e. The average molecular weight is 387 g/mol. The summed E-state index contributed by atoms with van der Waals surface area (Å²) in [5.74, 6) is 7.70. The molecule has 1 aromatic carbocycles. The van der Waals surface area contributed by atoms with Gasteiger partial charge in [-0.15, -0.1) is 0 Å². The summed E-state index contributed by atoms with van der Waals surface area (Å²) in [5, 5.41) is 11.5. The molecule has 1 fully saturated rings. The summed E-state index contributed by atoms with van der Waals surface area (Å²) in [7, 11) is 1.99. The second-order valence-corrected chi connectivity index (χ2v) is 7.34. The van der Waals surface area contributed by atoms with E-state index in [1.54, 1.807) is 0 Å². The summed E-state index contributed by atoms with van der Waals surface area (Å²) < 4.78 is 0. The zero-order valence-electron chi connectivity index (χ0n) is 17.0. The van der Waals surface area contributed by atoms with Crippen molar-refractivity contribution in [2.45, 2.75) is 45.4 Å². The first-order valence-corrected chi connectivity index (χ1v) is 9.68. The van der Waals surface area contributed by atoms with Crippen molar-refractivity contribution >= 4 is 11.6 Å². The van der Waals surface area contributed by atoms with E-state index in [0.29, 0.717) is 18.4 Å². The van der Waals surface area contributed by atoms with Gasteiger partial charge >= 0.3 is 0 Å². The van der Waals surface area contributed by atoms with Gasteiger partial charge < -0.3 is 15.5 Å². The van der Waals surface area contributed by atoms with Gasteiger partial charge in [-0.1, -0.05) is 30.3 Å². The lowest BCUT2D eigenvalue weighted by molar-refractivity contribution is 0.192. The van der Waals surface area contributed by atoms with Crippen molar-refractivity contribution in [3.8, 4) is 0 Å². The molecule has 152 valence electrons. The Hall–Kier alpha value is -2.65. The zero-order chi connectivity index (χ0) is 20.3. The molecule has 0 radical (unpaired) electrons. The van der Waals surface area contributed by atoms with Crippen LogP contribution in [-0.2, 0) is 0 Å². The molecular weight excluding hydrogens is 356 g/mol. The van der Waals surface area contributed by atoms with E-state index in [-0.39, 0.29) is 18.8 Å². The maximum absolute atomic E-state index is 10.8. The second kappa shape index (κ2) is 8.57. The SMILES string of the molecule is CC[C@H](CN=O)N(N)C1=NC(N(C)c2ccccc2)=C2NCN(C(C)C)C2N1. The van der Waals surface area contributed by atoms with Gasteiger partial charge in [-0.05, 0) is 32.4 Å². The Balaban J connectivity index is 2.00. The van der Waals surface area contributed by atoms with E-state index < -0.39 is 0 Å². The van der Waals surface area contributed by atoms with Gasteiger partial charge in [-0.3, -0.25) is 9.91 Å². The van der Waals surface area contributed by atoms with Crippen LogP contribution >= 0.6 is 0 Å². The monoisotopic (exact) mass is 386 g/mol. The number of hydrogen-bond acceptors (Lipinski definition) is 9. The van der Waals surface area contributed by atoms with Gasteiger partial charge in [-0.2, -0.15) is 9.90 Å². The lowest BCUT2D eigenvalue weighted by Crippen LogP contribution is -2.59. The Bertz CT molecular complexity index is 748. The van der Waals surface area contributed by atoms with Crippen LogP contribution in [0.1, 0.15) is 27.2 Å². The number of anilines is 1. The van der Waals surface area contributed by atoms with Gasteiger partial charge in [-0.25, -0.2) is 5.84 Å². The predicted octanol–water partition coefficient (Wildman–Crippen LogP) is 1.57. The van der Waals surface area contributed by atoms with Gasteiger partial charge in [0.2, 0.25) is 5.96 Å². The fourth-order valence-electron chi connectivity index (χ4n) is 3.52. The quantitative estimate of drug-likeness (QED) is 0.371. The van der Waals surface area contributed by atoms with E-state index >= 15 is 0 Å². The van der Waals surface area contributed by atoms with Crippen molar-refractivity contribution in [1.82, 2.24) is 20.5 Å². The minimum absolute atomic E-state index is 0.0681. The van der Waals surface area contributed by atoms with Crippen LogP contribution in [0.25, 0.3) is 0 Å². The number of hydrogen-bond donors (Lipinski definition) is 3. The highest BCUT2D eigenvalue weighted by molar-refractivity contribution is 5.83. The molecule has 0 saturated carbocycles. The van der Waals surface area contributed by atoms with E-state index in [1.165, 1.54) is 5.01 Å². The second-order valence-electron chi connectivity index (χ2n) is 7.34. The van der Waals surface area contributed by atoms with E-state index in [4.69, 9.17) is 10.8 Å². The number of fused-ring (bicyclic) bond motifs is 1. The molecule has 2 aliphatic heterocycles. The van der Waals surface area contributed by atoms with Crippen molar-refractivity contribution in [3.63, 3.8) is 0 Å². The summed E-state index contributed by atoms with van der Waals surface area (Å²) in [6, 6.07) is 10.2. The molecule has 9 heteroatoms. The summed E-state index contributed by atoms with van der Waals surface area (Å²) in [6.45, 7) is 7.13. The highest BCUT2D eigenvalue weighted by atomic mass is 16.3. The number of nitrogens with one attached hydrogen (secondary N) is 2. The number of nitrogens with zero attached hydrogens (tertiary/aromatic N) is 5. The van der Waals surface area contributed by atoms with Gasteiger partial charge in [0.05, 0.1) is 18.4 Å². The smallest absolute Gasteiger partial charge is 0.217 e. The third-order valence-electron chi connectivity index (χ3n) is 5.29. The van der Waals surface area contributed by atoms with Crippen LogP contribution in [0.3, 0.4) is 0 Å². The Morgan fingerprint density at radius 2 is 2.07 bits per heavy atom. The fraction of sp³-hybridized carbons (Fsp3) is 0.526. The van der Waals surface area contributed by atoms with Crippen LogP contribution in [0, 0.1) is 4.91 Å². The molecule has 0 aromatic heterocycles. The van der Waals surface area contributed by atoms with E-state index in [9.17, 15) is 4.91 Å². The molecule has 3 rings (SSSR count). The Morgan fingerprint density at radius 1 is 1.36 bits per heavy atom. The van der Waals surface area contributed by atoms with Crippen molar-refractivity contribution in [2.75, 3.05) is 25.2 Å². The van der Waals surface area contributed by atoms with Crippen LogP contribution < -0.4 is 21.4 Å². The van der Waals surface area contributed by atoms with Gasteiger partial charge in [0, 0.05) is 18.8 Å². The Kier molecular flexibility index (Phi) is 6.15. The third-order valence-corrected chi connectivity index (χ3v) is 5.29. The standard InChI is InChI=1S/C19H30N8O/c1-5-14(11-22-28)27(20)19-23-17(25(4)15-9-7-6-8-10-15)16-18(24-19)26(12-21-16)13(2)3/h6-10,13-14,18,21H,5,11-12,20H2,1-4H3,(H,23,24)/t14-,18?/m1/s1. The molecule has 0 spiro atoms. The number of aliphatic imine (C=N–C) groups is 1. The molecule has 1 saturated heterocycles. The van der Waals surface area contributed by atoms with Crippen LogP contribution in [-0.4, -0.2) is 54.4 Å². The van der Waals surface area contributed by atoms with E-state index in [2.05, 4.69) is 34.6 Å². The first-order valence-electron chi connectivity index (χ1n) is 9.68. The molecule has 1 aromatic rings. The first kappa shape index (κ1) is 20.1. The predicted molar refractivity (Wildman–Crippen MR) is 112 cm³/mol. The largest absolute Gasteiger partial charge is 0.370 e. The van der Waals surface area contributed by atoms with Gasteiger partial charge in [0.1, 0.15) is 12.7 Å². The summed E-state index contributed by atoms with van der Waals surface area (Å²) in [4.78, 5) is 20.0. The topological polar surface area (TPSA) is 102 Å². The van der Waals surface area contributed by atoms with Crippen molar-refractivity contribution in [1.29, 1.82) is 0 Å². The maximum atomic E-state index is 10.8. The number of nitrogens with two attached hydrogens (primary N) is 1. The fourth-order valence-corrected chi connectivity index (χ4v) is 3.52. The number of hydrazine groups is 1. The molecule has 0 aliphatic carbocycles. The normalized spacial score (nSPS) is 20.2. The minimum atomic E-state index is -0.213. The summed E-state index contributed by atoms with van der Waals surface area (Å²) in [5.41, 5.74) is 2.04. The molecule has 9 nitrogen and oxygen atoms in total. The molecule has 2 aliphatic rings. The van der Waals surface area contributed by atoms with Gasteiger partial charge in [0.15, 0.2) is 5.82 Å². The van der Waals surface area contributed by atoms with Crippen molar-refractivity contribution < 1.29 is 0 Å². The number of para-hydroxylation sites is 1. The lowest BCUT2D eigenvalue weighted by Gasteiger charge is -2.37. The Morgan fingerprint density at radius 3 is 2.68 bits per heavy atom. The highest BCUT2D eigenvalue weighted by Crippen LogP contribution is 2.28. The molecule has 0 bridgehead atoms. The number of guanidine groups is 1. The molecule has 0 amide bonds. The summed E-state index contributed by atoms with van der Waals surface area (Å²) in [6.07, 6.45) is 0.626. The number of nitroso groups, excluding NO2 is 1. The van der Waals surface area contributed by atoms with Crippen LogP contribution in [0.5, 0.6) is 0 Å². The molecule has 1 unspecified atom stereocenters. The van der Waals surface area contributed by atoms with Crippen LogP contribution in [0.15, 0.2) is 52.0 Å². The number of benzene rings is 1. The maximum Gasteiger partial charge on any atom is 0.217 e. The van der Waals surface area contributed by atoms with Crippen LogP contribution in [0.4, 0.5) is 5.69 Å². The molecule has 4 N–H and O–H groups in total. The Labute approximate surface area is 166 Å². The lowest BCUT2D eigenvalue weighted by atomic mass is 10.2. The first-order chi connectivity index (χ1) is 13.5. The number of rotatable bonds is 7. The highest BCUT2D eigenvalue weighted by Gasteiger charge is 2.39. The van der Waals surface area contributed by atoms with Crippen molar-refractivity contribution in [2.24, 2.45) is 16.0 Å². The summed E-state index contributed by atoms with van der Waals surface area (Å²) >= 11 is 0. The average Bonchev–Trinajstić information content (AvgIpc) is 3.15. The van der Waals surface area contributed by atoms with E-state index in [0.717, 1.165) is 23.9 Å². The van der Waals surface area contributed by atoms with Crippen LogP contribution in [0.2, 0.25) is 0 Å². The molecular formula is C19H30N8O.